The second kappa shape index (κ2) is 11.7. The summed E-state index contributed by atoms with van der Waals surface area (Å²) in [6.45, 7) is 4.12. The van der Waals surface area contributed by atoms with Gasteiger partial charge in [-0.2, -0.15) is 9.78 Å². The van der Waals surface area contributed by atoms with Gasteiger partial charge >= 0.3 is 0 Å². The molecule has 0 radical (unpaired) electrons. The Hall–Kier alpha value is -4.46. The highest BCUT2D eigenvalue weighted by Gasteiger charge is 2.22. The molecule has 3 N–H and O–H groups in total. The van der Waals surface area contributed by atoms with E-state index < -0.39 is 22.9 Å². The fraction of sp³-hybridized carbons (Fsp3) is 0.143. The van der Waals surface area contributed by atoms with Crippen molar-refractivity contribution < 1.29 is 13.7 Å². The van der Waals surface area contributed by atoms with Crippen LogP contribution in [-0.4, -0.2) is 42.7 Å². The van der Waals surface area contributed by atoms with Crippen molar-refractivity contribution in [3.8, 4) is 17.5 Å². The molecule has 192 valence electrons. The summed E-state index contributed by atoms with van der Waals surface area (Å²) < 4.78 is 27.0. The summed E-state index contributed by atoms with van der Waals surface area (Å²) in [6, 6.07) is 12.5. The predicted molar refractivity (Wildman–Crippen MR) is 147 cm³/mol. The number of halogens is 1. The summed E-state index contributed by atoms with van der Waals surface area (Å²) in [4.78, 5) is 20.3. The third-order valence-corrected chi connectivity index (χ3v) is 6.37. The maximum Gasteiger partial charge on any atom is 0.276 e. The van der Waals surface area contributed by atoms with E-state index in [4.69, 9.17) is 5.41 Å². The Morgan fingerprint density at radius 1 is 1.21 bits per heavy atom. The van der Waals surface area contributed by atoms with Gasteiger partial charge in [-0.3, -0.25) is 4.79 Å². The van der Waals surface area contributed by atoms with Crippen LogP contribution in [0.15, 0.2) is 65.8 Å². The Bertz CT molecular complexity index is 1560. The van der Waals surface area contributed by atoms with E-state index in [2.05, 4.69) is 46.1 Å². The molecule has 0 bridgehead atoms. The number of anilines is 1. The number of nitrogens with zero attached hydrogens (tertiary/aromatic N) is 3. The van der Waals surface area contributed by atoms with Crippen molar-refractivity contribution in [3.05, 3.63) is 95.0 Å². The van der Waals surface area contributed by atoms with Crippen molar-refractivity contribution in [1.82, 2.24) is 19.7 Å². The molecule has 8 nitrogen and oxygen atoms in total. The molecule has 1 atom stereocenters. The van der Waals surface area contributed by atoms with Gasteiger partial charge in [0.05, 0.1) is 11.9 Å². The number of carbonyl (C=O) groups is 1. The van der Waals surface area contributed by atoms with Crippen molar-refractivity contribution in [1.29, 1.82) is 5.41 Å². The minimum absolute atomic E-state index is 0.0723. The summed E-state index contributed by atoms with van der Waals surface area (Å²) in [5, 5.41) is 14.6. The molecule has 0 aliphatic rings. The number of amides is 1. The number of benzene rings is 2. The number of aromatic nitrogens is 4. The second-order valence-corrected chi connectivity index (χ2v) is 9.91. The standard InChI is InChI=1S/C28H25FN6O2S/c1-18(2)24-13-10-21(15-19(24)6-9-22-17-31-26(32-22)5-4-14-30)33-28(36)25-16-27(38(3)37)35(34-25)23-11-7-20(29)8-12-23/h4-5,7-8,10-18,30H,1-3H3,(H,31,32)(H,33,36)/b5-4-,30-14?. The molecule has 0 fully saturated rings. The van der Waals surface area contributed by atoms with E-state index >= 15 is 0 Å². The molecule has 0 saturated carbocycles. The Labute approximate surface area is 222 Å². The zero-order chi connectivity index (χ0) is 27.2. The first kappa shape index (κ1) is 26.6. The lowest BCUT2D eigenvalue weighted by Crippen LogP contribution is -2.13. The van der Waals surface area contributed by atoms with Gasteiger partial charge in [-0.1, -0.05) is 25.8 Å². The number of aromatic amines is 1. The van der Waals surface area contributed by atoms with E-state index in [0.29, 0.717) is 27.9 Å². The van der Waals surface area contributed by atoms with Crippen LogP contribution in [0, 0.1) is 23.1 Å². The molecule has 2 aromatic carbocycles. The number of carbonyl (C=O) groups excluding carboxylic acids is 1. The highest BCUT2D eigenvalue weighted by molar-refractivity contribution is 7.90. The molecule has 0 spiro atoms. The van der Waals surface area contributed by atoms with Crippen molar-refractivity contribution >= 4 is 35.1 Å². The quantitative estimate of drug-likeness (QED) is 0.179. The monoisotopic (exact) mass is 528 g/mol. The van der Waals surface area contributed by atoms with E-state index in [9.17, 15) is 13.7 Å². The molecule has 1 unspecified atom stereocenters. The molecule has 0 aliphatic carbocycles. The largest absolute Gasteiger partial charge is 0.610 e. The van der Waals surface area contributed by atoms with Crippen molar-refractivity contribution in [2.45, 2.75) is 24.8 Å². The highest BCUT2D eigenvalue weighted by atomic mass is 32.2. The first-order chi connectivity index (χ1) is 18.2. The summed E-state index contributed by atoms with van der Waals surface area (Å²) in [6.07, 6.45) is 7.50. The number of H-pyrrole nitrogens is 1. The number of hydrogen-bond donors (Lipinski definition) is 3. The first-order valence-corrected chi connectivity index (χ1v) is 13.2. The fourth-order valence-electron chi connectivity index (χ4n) is 3.65. The van der Waals surface area contributed by atoms with Crippen LogP contribution in [-0.2, 0) is 11.2 Å². The number of imidazole rings is 1. The smallest absolute Gasteiger partial charge is 0.276 e. The van der Waals surface area contributed by atoms with Gasteiger partial charge < -0.3 is 20.3 Å². The topological polar surface area (TPSA) is 123 Å². The van der Waals surface area contributed by atoms with Gasteiger partial charge in [0.1, 0.15) is 23.6 Å². The maximum absolute atomic E-state index is 13.4. The Morgan fingerprint density at radius 3 is 2.66 bits per heavy atom. The van der Waals surface area contributed by atoms with Crippen LogP contribution in [0.4, 0.5) is 10.1 Å². The van der Waals surface area contributed by atoms with E-state index in [0.717, 1.165) is 17.3 Å². The summed E-state index contributed by atoms with van der Waals surface area (Å²) in [7, 11) is 0. The number of nitrogens with one attached hydrogen (secondary N) is 3. The van der Waals surface area contributed by atoms with Gasteiger partial charge in [0.15, 0.2) is 5.69 Å². The molecule has 10 heteroatoms. The molecule has 4 aromatic rings. The van der Waals surface area contributed by atoms with Crippen LogP contribution in [0.25, 0.3) is 11.8 Å². The number of hydrogen-bond acceptors (Lipinski definition) is 5. The molecule has 38 heavy (non-hydrogen) atoms. The zero-order valence-corrected chi connectivity index (χ0v) is 21.8. The Morgan fingerprint density at radius 2 is 1.97 bits per heavy atom. The second-order valence-electron chi connectivity index (χ2n) is 8.58. The van der Waals surface area contributed by atoms with Crippen LogP contribution in [0.5, 0.6) is 0 Å². The Balaban J connectivity index is 1.61. The molecule has 1 amide bonds. The Kier molecular flexibility index (Phi) is 8.21. The van der Waals surface area contributed by atoms with Gasteiger partial charge in [0.25, 0.3) is 5.91 Å². The van der Waals surface area contributed by atoms with Crippen molar-refractivity contribution in [3.63, 3.8) is 0 Å². The van der Waals surface area contributed by atoms with Crippen LogP contribution in [0.3, 0.4) is 0 Å². The lowest BCUT2D eigenvalue weighted by molar-refractivity contribution is 0.102. The summed E-state index contributed by atoms with van der Waals surface area (Å²) in [5.41, 5.74) is 3.47. The van der Waals surface area contributed by atoms with Gasteiger partial charge in [-0.05, 0) is 66.0 Å². The van der Waals surface area contributed by atoms with Gasteiger partial charge in [0.2, 0.25) is 5.03 Å². The van der Waals surface area contributed by atoms with E-state index in [-0.39, 0.29) is 11.6 Å². The molecule has 0 saturated heterocycles. The average Bonchev–Trinajstić information content (AvgIpc) is 3.54. The van der Waals surface area contributed by atoms with Gasteiger partial charge in [0, 0.05) is 34.7 Å². The van der Waals surface area contributed by atoms with E-state index in [1.165, 1.54) is 41.3 Å². The van der Waals surface area contributed by atoms with Crippen molar-refractivity contribution in [2.24, 2.45) is 0 Å². The fourth-order valence-corrected chi connectivity index (χ4v) is 4.31. The van der Waals surface area contributed by atoms with Crippen LogP contribution < -0.4 is 5.32 Å². The predicted octanol–water partition coefficient (Wildman–Crippen LogP) is 4.91. The minimum Gasteiger partial charge on any atom is -0.610 e. The lowest BCUT2D eigenvalue weighted by Gasteiger charge is -2.11. The van der Waals surface area contributed by atoms with Gasteiger partial charge in [-0.25, -0.2) is 9.37 Å². The third kappa shape index (κ3) is 6.26. The normalized spacial score (nSPS) is 11.8. The number of allylic oxidation sites excluding steroid dienone is 1. The number of rotatable bonds is 7. The van der Waals surface area contributed by atoms with E-state index in [1.54, 1.807) is 30.5 Å². The molecule has 0 aliphatic heterocycles. The molecular weight excluding hydrogens is 503 g/mol. The summed E-state index contributed by atoms with van der Waals surface area (Å²) >= 11 is -1.44. The SMILES string of the molecule is CC(C)c1ccc(NC(=O)c2cc([S+](C)[O-])n(-c3ccc(F)cc3)n2)cc1C#Cc1cnc(/C=C\C=N)[nH]1. The van der Waals surface area contributed by atoms with E-state index in [1.807, 2.05) is 6.07 Å². The van der Waals surface area contributed by atoms with Crippen LogP contribution in [0.1, 0.15) is 52.9 Å². The van der Waals surface area contributed by atoms with Crippen LogP contribution in [0.2, 0.25) is 0 Å². The first-order valence-electron chi connectivity index (χ1n) is 11.6. The zero-order valence-electron chi connectivity index (χ0n) is 20.9. The highest BCUT2D eigenvalue weighted by Crippen LogP contribution is 2.24. The summed E-state index contributed by atoms with van der Waals surface area (Å²) in [5.74, 6) is 6.12. The van der Waals surface area contributed by atoms with Crippen LogP contribution >= 0.6 is 0 Å². The lowest BCUT2D eigenvalue weighted by atomic mass is 9.96. The third-order valence-electron chi connectivity index (χ3n) is 5.49. The molecule has 2 heterocycles. The van der Waals surface area contributed by atoms with Crippen molar-refractivity contribution in [2.75, 3.05) is 11.6 Å². The average molecular weight is 529 g/mol. The molecular formula is C28H25FN6O2S. The van der Waals surface area contributed by atoms with Gasteiger partial charge in [-0.15, -0.1) is 0 Å². The maximum atomic E-state index is 13.4. The minimum atomic E-state index is -1.44. The molecule has 2 aromatic heterocycles. The molecule has 4 rings (SSSR count).